The van der Waals surface area contributed by atoms with Crippen LogP contribution in [0, 0.1) is 11.3 Å². The van der Waals surface area contributed by atoms with Gasteiger partial charge in [0.15, 0.2) is 0 Å². The molecular weight excluding hydrogens is 150 g/mol. The average molecular weight is 171 g/mol. The molecule has 0 spiro atoms. The van der Waals surface area contributed by atoms with Crippen molar-refractivity contribution in [2.75, 3.05) is 0 Å². The molecule has 0 radical (unpaired) electrons. The van der Waals surface area contributed by atoms with Gasteiger partial charge in [-0.2, -0.15) is 5.10 Å². The summed E-state index contributed by atoms with van der Waals surface area (Å²) in [6.45, 7) is 8.83. The van der Waals surface area contributed by atoms with Gasteiger partial charge in [0, 0.05) is 6.42 Å². The Kier molecular flexibility index (Phi) is 4.07. The van der Waals surface area contributed by atoms with E-state index in [1.807, 2.05) is 0 Å². The summed E-state index contributed by atoms with van der Waals surface area (Å²) in [5.41, 5.74) is 5.87. The maximum Gasteiger partial charge on any atom is 0.119 e. The zero-order valence-corrected chi connectivity index (χ0v) is 8.59. The smallest absolute Gasteiger partial charge is 0.119 e. The fraction of sp³-hybridized carbons (Fsp3) is 0.889. The molecule has 0 bridgehead atoms. The van der Waals surface area contributed by atoms with Crippen molar-refractivity contribution in [3.8, 4) is 0 Å². The van der Waals surface area contributed by atoms with E-state index in [9.17, 15) is 0 Å². The van der Waals surface area contributed by atoms with Gasteiger partial charge in [-0.25, -0.2) is 0 Å². The van der Waals surface area contributed by atoms with Crippen LogP contribution in [0.4, 0.5) is 0 Å². The van der Waals surface area contributed by atoms with Crippen LogP contribution < -0.4 is 11.6 Å². The van der Waals surface area contributed by atoms with Crippen LogP contribution in [0.5, 0.6) is 0 Å². The fourth-order valence-electron chi connectivity index (χ4n) is 1.53. The van der Waals surface area contributed by atoms with Gasteiger partial charge in [-0.05, 0) is 17.8 Å². The van der Waals surface area contributed by atoms with Crippen LogP contribution in [-0.4, -0.2) is 5.84 Å². The lowest BCUT2D eigenvalue weighted by molar-refractivity contribution is 0.311. The first-order valence-electron chi connectivity index (χ1n) is 4.37. The molecule has 0 heterocycles. The van der Waals surface area contributed by atoms with Crippen LogP contribution >= 0.6 is 0 Å². The largest absolute Gasteiger partial charge is 0.386 e. The van der Waals surface area contributed by atoms with E-state index in [0.717, 1.165) is 12.8 Å². The standard InChI is InChI=1S/C9H21N3/c1-7(5-8(10)12-11)6-9(2,3)4/h7H,5-6,11H2,1-4H3,(H2,10,12). The van der Waals surface area contributed by atoms with Crippen molar-refractivity contribution in [1.82, 2.24) is 0 Å². The fourth-order valence-corrected chi connectivity index (χ4v) is 1.53. The molecule has 0 rings (SSSR count). The third-order valence-corrected chi connectivity index (χ3v) is 1.68. The molecule has 0 aliphatic rings. The van der Waals surface area contributed by atoms with Gasteiger partial charge >= 0.3 is 0 Å². The van der Waals surface area contributed by atoms with E-state index in [-0.39, 0.29) is 0 Å². The molecule has 3 nitrogen and oxygen atoms in total. The van der Waals surface area contributed by atoms with Gasteiger partial charge in [0.05, 0.1) is 0 Å². The number of hydrogen-bond acceptors (Lipinski definition) is 2. The van der Waals surface area contributed by atoms with Gasteiger partial charge in [-0.3, -0.25) is 0 Å². The maximum absolute atomic E-state index is 5.52. The minimum atomic E-state index is 0.355. The highest BCUT2D eigenvalue weighted by molar-refractivity contribution is 5.80. The third-order valence-electron chi connectivity index (χ3n) is 1.68. The van der Waals surface area contributed by atoms with Gasteiger partial charge < -0.3 is 11.6 Å². The Bertz CT molecular complexity index is 156. The molecule has 1 atom stereocenters. The van der Waals surface area contributed by atoms with Crippen molar-refractivity contribution in [3.05, 3.63) is 0 Å². The summed E-state index contributed by atoms with van der Waals surface area (Å²) in [7, 11) is 0. The predicted molar refractivity (Wildman–Crippen MR) is 53.7 cm³/mol. The van der Waals surface area contributed by atoms with E-state index in [0.29, 0.717) is 17.2 Å². The summed E-state index contributed by atoms with van der Waals surface area (Å²) < 4.78 is 0. The van der Waals surface area contributed by atoms with Gasteiger partial charge in [0.1, 0.15) is 5.84 Å². The highest BCUT2D eigenvalue weighted by Gasteiger charge is 2.15. The van der Waals surface area contributed by atoms with E-state index >= 15 is 0 Å². The summed E-state index contributed by atoms with van der Waals surface area (Å²) in [4.78, 5) is 0. The molecular formula is C9H21N3. The molecule has 0 saturated heterocycles. The van der Waals surface area contributed by atoms with Crippen molar-refractivity contribution < 1.29 is 0 Å². The van der Waals surface area contributed by atoms with Crippen molar-refractivity contribution in [2.45, 2.75) is 40.5 Å². The second-order valence-electron chi connectivity index (χ2n) is 4.69. The number of hydrogen-bond donors (Lipinski definition) is 2. The Morgan fingerprint density at radius 1 is 1.42 bits per heavy atom. The monoisotopic (exact) mass is 171 g/mol. The molecule has 0 aromatic carbocycles. The summed E-state index contributed by atoms with van der Waals surface area (Å²) in [6, 6.07) is 0. The van der Waals surface area contributed by atoms with Crippen molar-refractivity contribution in [1.29, 1.82) is 0 Å². The van der Waals surface area contributed by atoms with Crippen molar-refractivity contribution >= 4 is 5.84 Å². The van der Waals surface area contributed by atoms with Crippen LogP contribution in [0.3, 0.4) is 0 Å². The van der Waals surface area contributed by atoms with E-state index in [1.165, 1.54) is 0 Å². The number of nitrogens with zero attached hydrogens (tertiary/aromatic N) is 1. The average Bonchev–Trinajstić information content (AvgIpc) is 1.82. The minimum Gasteiger partial charge on any atom is -0.386 e. The van der Waals surface area contributed by atoms with E-state index in [4.69, 9.17) is 11.6 Å². The first kappa shape index (κ1) is 11.3. The van der Waals surface area contributed by atoms with Crippen LogP contribution in [0.2, 0.25) is 0 Å². The van der Waals surface area contributed by atoms with Crippen LogP contribution in [0.15, 0.2) is 5.10 Å². The lowest BCUT2D eigenvalue weighted by atomic mass is 9.84. The summed E-state index contributed by atoms with van der Waals surface area (Å²) >= 11 is 0. The van der Waals surface area contributed by atoms with Gasteiger partial charge in [-0.15, -0.1) is 0 Å². The molecule has 12 heavy (non-hydrogen) atoms. The Morgan fingerprint density at radius 2 is 1.92 bits per heavy atom. The molecule has 0 saturated carbocycles. The Labute approximate surface area is 75.2 Å². The number of nitrogens with two attached hydrogens (primary N) is 2. The molecule has 4 N–H and O–H groups in total. The number of amidine groups is 1. The molecule has 0 aromatic rings. The Balaban J connectivity index is 3.82. The number of hydrazone groups is 1. The molecule has 0 amide bonds. The summed E-state index contributed by atoms with van der Waals surface area (Å²) in [5, 5.41) is 3.45. The highest BCUT2D eigenvalue weighted by atomic mass is 15.1. The van der Waals surface area contributed by atoms with E-state index in [2.05, 4.69) is 32.8 Å². The summed E-state index contributed by atoms with van der Waals surface area (Å²) in [6.07, 6.45) is 1.94. The van der Waals surface area contributed by atoms with Crippen LogP contribution in [-0.2, 0) is 0 Å². The SMILES string of the molecule is CC(C/C(N)=N/N)CC(C)(C)C. The van der Waals surface area contributed by atoms with Gasteiger partial charge in [0.2, 0.25) is 0 Å². The van der Waals surface area contributed by atoms with E-state index < -0.39 is 0 Å². The normalized spacial score (nSPS) is 16.2. The second kappa shape index (κ2) is 4.33. The molecule has 0 aliphatic carbocycles. The summed E-state index contributed by atoms with van der Waals surface area (Å²) in [5.74, 6) is 6.15. The zero-order chi connectivity index (χ0) is 9.78. The first-order valence-corrected chi connectivity index (χ1v) is 4.37. The molecule has 3 heteroatoms. The quantitative estimate of drug-likeness (QED) is 0.294. The lowest BCUT2D eigenvalue weighted by Crippen LogP contribution is -2.20. The minimum absolute atomic E-state index is 0.355. The Morgan fingerprint density at radius 3 is 2.25 bits per heavy atom. The maximum atomic E-state index is 5.52. The molecule has 1 unspecified atom stereocenters. The second-order valence-corrected chi connectivity index (χ2v) is 4.69. The predicted octanol–water partition coefficient (Wildman–Crippen LogP) is 1.68. The van der Waals surface area contributed by atoms with Gasteiger partial charge in [-0.1, -0.05) is 27.7 Å². The Hall–Kier alpha value is -0.730. The van der Waals surface area contributed by atoms with Crippen LogP contribution in [0.25, 0.3) is 0 Å². The van der Waals surface area contributed by atoms with Crippen molar-refractivity contribution in [2.24, 2.45) is 28.0 Å². The van der Waals surface area contributed by atoms with Crippen molar-refractivity contribution in [3.63, 3.8) is 0 Å². The molecule has 0 aliphatic heterocycles. The lowest BCUT2D eigenvalue weighted by Gasteiger charge is -2.22. The van der Waals surface area contributed by atoms with Crippen LogP contribution in [0.1, 0.15) is 40.5 Å². The third kappa shape index (κ3) is 6.01. The molecule has 0 aromatic heterocycles. The number of rotatable bonds is 3. The first-order chi connectivity index (χ1) is 5.35. The van der Waals surface area contributed by atoms with Gasteiger partial charge in [0.25, 0.3) is 0 Å². The molecule has 0 fully saturated rings. The molecule has 72 valence electrons. The van der Waals surface area contributed by atoms with E-state index in [1.54, 1.807) is 0 Å². The topological polar surface area (TPSA) is 64.4 Å². The zero-order valence-electron chi connectivity index (χ0n) is 8.59. The highest BCUT2D eigenvalue weighted by Crippen LogP contribution is 2.25.